The monoisotopic (exact) mass is 387 g/mol. The molecule has 2 amide bonds. The van der Waals surface area contributed by atoms with Crippen molar-refractivity contribution in [1.29, 1.82) is 0 Å². The average Bonchev–Trinajstić information content (AvgIpc) is 2.58. The van der Waals surface area contributed by atoms with Crippen LogP contribution in [0, 0.1) is 5.82 Å². The first-order chi connectivity index (χ1) is 12.7. The summed E-state index contributed by atoms with van der Waals surface area (Å²) in [6.45, 7) is 0.503. The number of benzene rings is 1. The van der Waals surface area contributed by atoms with Gasteiger partial charge in [-0.2, -0.15) is 13.2 Å². The molecule has 146 valence electrons. The molecule has 10 heteroatoms. The Balaban J connectivity index is 2.04. The summed E-state index contributed by atoms with van der Waals surface area (Å²) in [5.74, 6) is -0.00280. The van der Waals surface area contributed by atoms with Crippen LogP contribution in [0.4, 0.5) is 28.2 Å². The van der Waals surface area contributed by atoms with Gasteiger partial charge in [0.25, 0.3) is 0 Å². The molecule has 2 rings (SSSR count). The molecular weight excluding hydrogens is 370 g/mol. The highest BCUT2D eigenvalue weighted by atomic mass is 19.4. The fourth-order valence-corrected chi connectivity index (χ4v) is 2.07. The van der Waals surface area contributed by atoms with Gasteiger partial charge in [-0.3, -0.25) is 5.32 Å². The van der Waals surface area contributed by atoms with Crippen molar-refractivity contribution < 1.29 is 32.2 Å². The quantitative estimate of drug-likeness (QED) is 0.740. The number of rotatable bonds is 6. The molecule has 1 aromatic carbocycles. The molecule has 0 radical (unpaired) electrons. The SMILES string of the molecule is CCN(C[C@@H](O)C(F)(F)F)C(=O)Nc1cc(Oc2cccc(F)c2)ccn1. The van der Waals surface area contributed by atoms with Gasteiger partial charge in [0.1, 0.15) is 23.1 Å². The normalized spacial score (nSPS) is 12.4. The molecule has 1 atom stereocenters. The minimum atomic E-state index is -4.83. The Kier molecular flexibility index (Phi) is 6.56. The molecule has 0 saturated carbocycles. The minimum Gasteiger partial charge on any atom is -0.457 e. The summed E-state index contributed by atoms with van der Waals surface area (Å²) in [4.78, 5) is 16.8. The highest BCUT2D eigenvalue weighted by Gasteiger charge is 2.39. The van der Waals surface area contributed by atoms with E-state index in [9.17, 15) is 22.4 Å². The van der Waals surface area contributed by atoms with Crippen LogP contribution in [0.25, 0.3) is 0 Å². The molecule has 1 aromatic heterocycles. The second-order valence-corrected chi connectivity index (χ2v) is 5.46. The van der Waals surface area contributed by atoms with Crippen molar-refractivity contribution in [3.63, 3.8) is 0 Å². The van der Waals surface area contributed by atoms with Gasteiger partial charge in [-0.1, -0.05) is 6.07 Å². The van der Waals surface area contributed by atoms with Gasteiger partial charge >= 0.3 is 12.2 Å². The highest BCUT2D eigenvalue weighted by molar-refractivity contribution is 5.88. The molecule has 1 heterocycles. The van der Waals surface area contributed by atoms with Crippen LogP contribution in [-0.4, -0.2) is 46.4 Å². The fraction of sp³-hybridized carbons (Fsp3) is 0.294. The number of alkyl halides is 3. The Bertz CT molecular complexity index is 786. The lowest BCUT2D eigenvalue weighted by Crippen LogP contribution is -2.45. The zero-order valence-electron chi connectivity index (χ0n) is 14.2. The predicted octanol–water partition coefficient (Wildman–Crippen LogP) is 3.79. The number of amides is 2. The van der Waals surface area contributed by atoms with E-state index in [1.54, 1.807) is 0 Å². The number of hydrogen-bond donors (Lipinski definition) is 2. The van der Waals surface area contributed by atoms with Crippen LogP contribution in [0.5, 0.6) is 11.5 Å². The zero-order chi connectivity index (χ0) is 20.0. The van der Waals surface area contributed by atoms with Crippen LogP contribution < -0.4 is 10.1 Å². The van der Waals surface area contributed by atoms with E-state index in [1.165, 1.54) is 43.5 Å². The van der Waals surface area contributed by atoms with Crippen LogP contribution in [0.15, 0.2) is 42.6 Å². The number of nitrogens with one attached hydrogen (secondary N) is 1. The van der Waals surface area contributed by atoms with E-state index in [1.807, 2.05) is 0 Å². The molecule has 0 aliphatic carbocycles. The van der Waals surface area contributed by atoms with Crippen molar-refractivity contribution in [1.82, 2.24) is 9.88 Å². The molecule has 2 aromatic rings. The average molecular weight is 387 g/mol. The molecule has 0 saturated heterocycles. The number of urea groups is 1. The summed E-state index contributed by atoms with van der Waals surface area (Å²) >= 11 is 0. The number of likely N-dealkylation sites (N-methyl/N-ethyl adjacent to an activating group) is 1. The van der Waals surface area contributed by atoms with E-state index >= 15 is 0 Å². The molecule has 27 heavy (non-hydrogen) atoms. The van der Waals surface area contributed by atoms with E-state index in [-0.39, 0.29) is 23.9 Å². The van der Waals surface area contributed by atoms with Gasteiger partial charge in [0.05, 0.1) is 6.54 Å². The minimum absolute atomic E-state index is 0.0221. The van der Waals surface area contributed by atoms with Crippen molar-refractivity contribution in [2.45, 2.75) is 19.2 Å². The second kappa shape index (κ2) is 8.67. The molecule has 0 fully saturated rings. The number of aliphatic hydroxyl groups is 1. The maximum Gasteiger partial charge on any atom is 0.416 e. The molecule has 0 aliphatic rings. The van der Waals surface area contributed by atoms with Gasteiger partial charge in [0.2, 0.25) is 0 Å². The number of halogens is 4. The van der Waals surface area contributed by atoms with Crippen molar-refractivity contribution in [3.05, 3.63) is 48.4 Å². The van der Waals surface area contributed by atoms with Crippen molar-refractivity contribution in [3.8, 4) is 11.5 Å². The van der Waals surface area contributed by atoms with Crippen LogP contribution in [0.1, 0.15) is 6.92 Å². The highest BCUT2D eigenvalue weighted by Crippen LogP contribution is 2.24. The lowest BCUT2D eigenvalue weighted by atomic mass is 10.3. The number of nitrogens with zero attached hydrogens (tertiary/aromatic N) is 2. The van der Waals surface area contributed by atoms with E-state index in [2.05, 4.69) is 10.3 Å². The number of carbonyl (C=O) groups excluding carboxylic acids is 1. The number of aromatic nitrogens is 1. The van der Waals surface area contributed by atoms with Crippen LogP contribution in [0.3, 0.4) is 0 Å². The Labute approximate surface area is 152 Å². The maximum absolute atomic E-state index is 13.2. The summed E-state index contributed by atoms with van der Waals surface area (Å²) in [6.07, 6.45) is -6.17. The van der Waals surface area contributed by atoms with Crippen LogP contribution in [0.2, 0.25) is 0 Å². The third-order valence-corrected chi connectivity index (χ3v) is 3.44. The molecule has 6 nitrogen and oxygen atoms in total. The van der Waals surface area contributed by atoms with Gasteiger partial charge in [0, 0.05) is 24.9 Å². The fourth-order valence-electron chi connectivity index (χ4n) is 2.07. The second-order valence-electron chi connectivity index (χ2n) is 5.46. The summed E-state index contributed by atoms with van der Waals surface area (Å²) in [7, 11) is 0. The lowest BCUT2D eigenvalue weighted by molar-refractivity contribution is -0.206. The number of anilines is 1. The van der Waals surface area contributed by atoms with E-state index in [0.717, 1.165) is 11.0 Å². The number of carbonyl (C=O) groups is 1. The molecule has 0 unspecified atom stereocenters. The zero-order valence-corrected chi connectivity index (χ0v) is 14.2. The molecule has 0 aliphatic heterocycles. The third-order valence-electron chi connectivity index (χ3n) is 3.44. The summed E-state index contributed by atoms with van der Waals surface area (Å²) in [5.41, 5.74) is 0. The molecule has 0 bridgehead atoms. The summed E-state index contributed by atoms with van der Waals surface area (Å²) < 4.78 is 56.0. The van der Waals surface area contributed by atoms with Crippen LogP contribution in [-0.2, 0) is 0 Å². The number of aliphatic hydroxyl groups excluding tert-OH is 1. The first-order valence-corrected chi connectivity index (χ1v) is 7.89. The first kappa shape index (κ1) is 20.4. The smallest absolute Gasteiger partial charge is 0.416 e. The largest absolute Gasteiger partial charge is 0.457 e. The van der Waals surface area contributed by atoms with Gasteiger partial charge in [-0.15, -0.1) is 0 Å². The molecule has 2 N–H and O–H groups in total. The lowest BCUT2D eigenvalue weighted by Gasteiger charge is -2.25. The molecular formula is C17H17F4N3O3. The first-order valence-electron chi connectivity index (χ1n) is 7.89. The topological polar surface area (TPSA) is 74.7 Å². The third kappa shape index (κ3) is 6.10. The van der Waals surface area contributed by atoms with Gasteiger partial charge in [-0.25, -0.2) is 14.2 Å². The standard InChI is InChI=1S/C17H17F4N3O3/c1-2-24(10-14(25)17(19,20)21)16(26)23-15-9-13(6-7-22-15)27-12-5-3-4-11(18)8-12/h3-9,14,25H,2,10H2,1H3,(H,22,23,26)/t14-/m1/s1. The number of hydrogen-bond acceptors (Lipinski definition) is 4. The van der Waals surface area contributed by atoms with Crippen molar-refractivity contribution in [2.75, 3.05) is 18.4 Å². The Morgan fingerprint density at radius 3 is 2.63 bits per heavy atom. The predicted molar refractivity (Wildman–Crippen MR) is 89.0 cm³/mol. The van der Waals surface area contributed by atoms with Crippen molar-refractivity contribution in [2.24, 2.45) is 0 Å². The van der Waals surface area contributed by atoms with Gasteiger partial charge in [-0.05, 0) is 25.1 Å². The van der Waals surface area contributed by atoms with E-state index < -0.39 is 30.7 Å². The summed E-state index contributed by atoms with van der Waals surface area (Å²) in [5, 5.41) is 11.5. The Morgan fingerprint density at radius 2 is 2.00 bits per heavy atom. The van der Waals surface area contributed by atoms with Crippen LogP contribution >= 0.6 is 0 Å². The van der Waals surface area contributed by atoms with Crippen molar-refractivity contribution >= 4 is 11.8 Å². The van der Waals surface area contributed by atoms with E-state index in [4.69, 9.17) is 9.84 Å². The molecule has 0 spiro atoms. The Morgan fingerprint density at radius 1 is 1.30 bits per heavy atom. The number of ether oxygens (including phenoxy) is 1. The van der Waals surface area contributed by atoms with Gasteiger partial charge in [0.15, 0.2) is 6.10 Å². The number of pyridine rings is 1. The van der Waals surface area contributed by atoms with Gasteiger partial charge < -0.3 is 14.7 Å². The van der Waals surface area contributed by atoms with E-state index in [0.29, 0.717) is 0 Å². The summed E-state index contributed by atoms with van der Waals surface area (Å²) in [6, 6.07) is 7.33. The maximum atomic E-state index is 13.2. The Hall–Kier alpha value is -2.88.